The smallest absolute Gasteiger partial charge is 0.220 e. The summed E-state index contributed by atoms with van der Waals surface area (Å²) in [5, 5.41) is 22.8. The van der Waals surface area contributed by atoms with Gasteiger partial charge >= 0.3 is 0 Å². The monoisotopic (exact) mass is 610 g/mol. The highest BCUT2D eigenvalue weighted by Gasteiger charge is 2.17. The second kappa shape index (κ2) is 35.1. The third-order valence-corrected chi connectivity index (χ3v) is 7.34. The van der Waals surface area contributed by atoms with Crippen LogP contribution < -0.4 is 5.32 Å². The van der Waals surface area contributed by atoms with Gasteiger partial charge in [0, 0.05) is 6.42 Å². The standard InChI is InChI=1S/C40H67NO3/c1-3-5-7-9-11-13-15-17-18-19-20-21-22-24-26-28-30-32-34-36-40(44)41-38(37-42)39(43)35-33-31-29-27-25-23-16-14-12-10-8-6-4-2/h5,7,11-14,17-18,20-21,25,27,33,35,38-39,42-43H,3-4,6,8-10,15-16,19,22-24,26,28-32,34,36-37H2,1-2H3,(H,41,44)/b7-5-,13-11-,14-12+,18-17-,21-20-,27-25+,35-33+. The Bertz CT molecular complexity index is 834. The molecule has 2 unspecified atom stereocenters. The van der Waals surface area contributed by atoms with Crippen LogP contribution in [0.25, 0.3) is 0 Å². The van der Waals surface area contributed by atoms with Gasteiger partial charge in [-0.25, -0.2) is 0 Å². The first-order chi connectivity index (χ1) is 21.7. The Morgan fingerprint density at radius 1 is 0.568 bits per heavy atom. The Labute approximate surface area is 271 Å². The summed E-state index contributed by atoms with van der Waals surface area (Å²) in [6.45, 7) is 4.11. The average Bonchev–Trinajstić information content (AvgIpc) is 3.03. The van der Waals surface area contributed by atoms with Gasteiger partial charge in [0.15, 0.2) is 0 Å². The number of aliphatic hydroxyl groups excluding tert-OH is 2. The van der Waals surface area contributed by atoms with Crippen molar-refractivity contribution in [3.8, 4) is 0 Å². The van der Waals surface area contributed by atoms with Crippen LogP contribution in [0.15, 0.2) is 85.1 Å². The lowest BCUT2D eigenvalue weighted by molar-refractivity contribution is -0.123. The maximum atomic E-state index is 12.3. The molecule has 0 aromatic carbocycles. The molecule has 2 atom stereocenters. The number of hydrogen-bond acceptors (Lipinski definition) is 3. The van der Waals surface area contributed by atoms with E-state index in [1.54, 1.807) is 6.08 Å². The molecule has 3 N–H and O–H groups in total. The van der Waals surface area contributed by atoms with Crippen LogP contribution in [0.1, 0.15) is 142 Å². The quantitative estimate of drug-likeness (QED) is 0.0560. The molecule has 0 aliphatic heterocycles. The number of carbonyl (C=O) groups excluding carboxylic acids is 1. The number of carbonyl (C=O) groups is 1. The summed E-state index contributed by atoms with van der Waals surface area (Å²) < 4.78 is 0. The van der Waals surface area contributed by atoms with Gasteiger partial charge in [-0.2, -0.15) is 0 Å². The molecular weight excluding hydrogens is 542 g/mol. The summed E-state index contributed by atoms with van der Waals surface area (Å²) in [5.74, 6) is -0.0989. The van der Waals surface area contributed by atoms with Crippen LogP contribution in [0.5, 0.6) is 0 Å². The van der Waals surface area contributed by atoms with Crippen LogP contribution in [-0.2, 0) is 4.79 Å². The van der Waals surface area contributed by atoms with E-state index in [1.807, 2.05) is 6.08 Å². The maximum absolute atomic E-state index is 12.3. The van der Waals surface area contributed by atoms with Gasteiger partial charge in [0.2, 0.25) is 5.91 Å². The van der Waals surface area contributed by atoms with Crippen LogP contribution in [0.2, 0.25) is 0 Å². The van der Waals surface area contributed by atoms with Crippen molar-refractivity contribution in [3.05, 3.63) is 85.1 Å². The number of aliphatic hydroxyl groups is 2. The highest BCUT2D eigenvalue weighted by molar-refractivity contribution is 5.76. The van der Waals surface area contributed by atoms with Crippen molar-refractivity contribution >= 4 is 5.91 Å². The van der Waals surface area contributed by atoms with E-state index >= 15 is 0 Å². The summed E-state index contributed by atoms with van der Waals surface area (Å²) in [4.78, 5) is 12.3. The predicted molar refractivity (Wildman–Crippen MR) is 193 cm³/mol. The SMILES string of the molecule is CC/C=C\C/C=C\C/C=C\C/C=C\CCCCCCCCC(=O)NC(CO)C(O)/C=C/CC/C=C/CC/C=C/CCCCC. The molecule has 0 saturated carbocycles. The molecule has 0 aromatic heterocycles. The molecule has 0 rings (SSSR count). The van der Waals surface area contributed by atoms with Crippen molar-refractivity contribution in [2.24, 2.45) is 0 Å². The lowest BCUT2D eigenvalue weighted by Crippen LogP contribution is -2.45. The van der Waals surface area contributed by atoms with Gasteiger partial charge in [0.05, 0.1) is 18.8 Å². The van der Waals surface area contributed by atoms with Crippen molar-refractivity contribution in [1.82, 2.24) is 5.32 Å². The first kappa shape index (κ1) is 41.6. The van der Waals surface area contributed by atoms with Gasteiger partial charge in [-0.05, 0) is 83.5 Å². The predicted octanol–water partition coefficient (Wildman–Crippen LogP) is 10.6. The molecule has 0 spiro atoms. The van der Waals surface area contributed by atoms with Crippen LogP contribution in [0.3, 0.4) is 0 Å². The third-order valence-electron chi connectivity index (χ3n) is 7.34. The van der Waals surface area contributed by atoms with E-state index in [2.05, 4.69) is 92.1 Å². The Morgan fingerprint density at radius 3 is 1.59 bits per heavy atom. The van der Waals surface area contributed by atoms with E-state index in [0.29, 0.717) is 6.42 Å². The minimum absolute atomic E-state index is 0.0989. The lowest BCUT2D eigenvalue weighted by Gasteiger charge is -2.19. The van der Waals surface area contributed by atoms with Gasteiger partial charge in [-0.3, -0.25) is 4.79 Å². The van der Waals surface area contributed by atoms with Crippen molar-refractivity contribution in [1.29, 1.82) is 0 Å². The fourth-order valence-corrected chi connectivity index (χ4v) is 4.61. The number of hydrogen-bond donors (Lipinski definition) is 3. The Balaban J connectivity index is 3.77. The summed E-state index contributed by atoms with van der Waals surface area (Å²) >= 11 is 0. The molecular formula is C40H67NO3. The van der Waals surface area contributed by atoms with Crippen LogP contribution in [0.4, 0.5) is 0 Å². The zero-order valence-corrected chi connectivity index (χ0v) is 28.4. The van der Waals surface area contributed by atoms with Crippen LogP contribution in [0, 0.1) is 0 Å². The Morgan fingerprint density at radius 2 is 1.02 bits per heavy atom. The first-order valence-corrected chi connectivity index (χ1v) is 17.8. The first-order valence-electron chi connectivity index (χ1n) is 17.8. The second-order valence-electron chi connectivity index (χ2n) is 11.5. The maximum Gasteiger partial charge on any atom is 0.220 e. The molecule has 0 radical (unpaired) electrons. The number of allylic oxidation sites excluding steroid dienone is 13. The zero-order valence-electron chi connectivity index (χ0n) is 28.4. The molecule has 1 amide bonds. The van der Waals surface area contributed by atoms with E-state index in [1.165, 1.54) is 44.9 Å². The number of rotatable bonds is 30. The van der Waals surface area contributed by atoms with Crippen LogP contribution >= 0.6 is 0 Å². The number of unbranched alkanes of at least 4 members (excludes halogenated alkanes) is 11. The molecule has 4 heteroatoms. The fraction of sp³-hybridized carbons (Fsp3) is 0.625. The summed E-state index contributed by atoms with van der Waals surface area (Å²) in [6.07, 6.45) is 50.9. The molecule has 250 valence electrons. The molecule has 44 heavy (non-hydrogen) atoms. The van der Waals surface area contributed by atoms with E-state index in [4.69, 9.17) is 0 Å². The Hall–Kier alpha value is -2.43. The van der Waals surface area contributed by atoms with Gasteiger partial charge < -0.3 is 15.5 Å². The molecule has 0 saturated heterocycles. The van der Waals surface area contributed by atoms with Gasteiger partial charge in [0.25, 0.3) is 0 Å². The minimum atomic E-state index is -0.879. The summed E-state index contributed by atoms with van der Waals surface area (Å²) in [7, 11) is 0. The van der Waals surface area contributed by atoms with E-state index < -0.39 is 12.1 Å². The normalized spacial score (nSPS) is 14.2. The molecule has 0 fully saturated rings. The number of amides is 1. The highest BCUT2D eigenvalue weighted by Crippen LogP contribution is 2.10. The second-order valence-corrected chi connectivity index (χ2v) is 11.5. The molecule has 0 heterocycles. The van der Waals surface area contributed by atoms with E-state index in [9.17, 15) is 15.0 Å². The number of nitrogens with one attached hydrogen (secondary N) is 1. The zero-order chi connectivity index (χ0) is 32.2. The van der Waals surface area contributed by atoms with E-state index in [0.717, 1.165) is 77.0 Å². The largest absolute Gasteiger partial charge is 0.394 e. The van der Waals surface area contributed by atoms with Crippen molar-refractivity contribution < 1.29 is 15.0 Å². The fourth-order valence-electron chi connectivity index (χ4n) is 4.61. The van der Waals surface area contributed by atoms with Crippen molar-refractivity contribution in [3.63, 3.8) is 0 Å². The third kappa shape index (κ3) is 31.0. The molecule has 0 aliphatic rings. The minimum Gasteiger partial charge on any atom is -0.394 e. The van der Waals surface area contributed by atoms with Gasteiger partial charge in [0.1, 0.15) is 0 Å². The summed E-state index contributed by atoms with van der Waals surface area (Å²) in [6, 6.07) is -0.656. The van der Waals surface area contributed by atoms with Crippen LogP contribution in [-0.4, -0.2) is 34.9 Å². The van der Waals surface area contributed by atoms with Crippen molar-refractivity contribution in [2.45, 2.75) is 154 Å². The Kier molecular flexibility index (Phi) is 33.1. The highest BCUT2D eigenvalue weighted by atomic mass is 16.3. The molecule has 0 bridgehead atoms. The van der Waals surface area contributed by atoms with E-state index in [-0.39, 0.29) is 12.5 Å². The lowest BCUT2D eigenvalue weighted by atomic mass is 10.1. The van der Waals surface area contributed by atoms with Gasteiger partial charge in [-0.1, -0.05) is 137 Å². The average molecular weight is 610 g/mol. The molecule has 0 aromatic rings. The van der Waals surface area contributed by atoms with Crippen molar-refractivity contribution in [2.75, 3.05) is 6.61 Å². The summed E-state index contributed by atoms with van der Waals surface area (Å²) in [5.41, 5.74) is 0. The molecule has 4 nitrogen and oxygen atoms in total. The molecule has 0 aliphatic carbocycles. The topological polar surface area (TPSA) is 69.6 Å². The van der Waals surface area contributed by atoms with Gasteiger partial charge in [-0.15, -0.1) is 0 Å².